The van der Waals surface area contributed by atoms with E-state index in [1.54, 1.807) is 0 Å². The molecule has 0 spiro atoms. The summed E-state index contributed by atoms with van der Waals surface area (Å²) in [4.78, 5) is 0. The van der Waals surface area contributed by atoms with E-state index in [0.717, 1.165) is 6.42 Å². The predicted molar refractivity (Wildman–Crippen MR) is 46.9 cm³/mol. The highest BCUT2D eigenvalue weighted by Gasteiger charge is 2.03. The Hall–Kier alpha value is 1.35. The molecule has 0 heterocycles. The fourth-order valence-corrected chi connectivity index (χ4v) is 0. The highest BCUT2D eigenvalue weighted by Crippen LogP contribution is 2.15. The van der Waals surface area contributed by atoms with Crippen LogP contribution in [0.1, 0.15) is 27.2 Å². The maximum atomic E-state index is 4.90. The van der Waals surface area contributed by atoms with Gasteiger partial charge in [-0.05, 0) is 11.8 Å². The molecule has 0 fully saturated rings. The van der Waals surface area contributed by atoms with Crippen LogP contribution in [0.15, 0.2) is 0 Å². The summed E-state index contributed by atoms with van der Waals surface area (Å²) >= 11 is -0.639. The van der Waals surface area contributed by atoms with Gasteiger partial charge in [0.05, 0.1) is 0 Å². The van der Waals surface area contributed by atoms with E-state index in [1.807, 2.05) is 0 Å². The van der Waals surface area contributed by atoms with Crippen LogP contribution in [0.3, 0.4) is 0 Å². The second-order valence-electron chi connectivity index (χ2n) is 2.91. The van der Waals surface area contributed by atoms with Crippen molar-refractivity contribution in [3.63, 3.8) is 0 Å². The lowest BCUT2D eigenvalue weighted by Crippen LogP contribution is -2.00. The zero-order valence-corrected chi connectivity index (χ0v) is 9.30. The lowest BCUT2D eigenvalue weighted by molar-refractivity contribution is 0.419. The quantitative estimate of drug-likeness (QED) is 0.502. The molecule has 0 rings (SSSR count). The Balaban J connectivity index is 0. The molecule has 0 bridgehead atoms. The first-order valence-electron chi connectivity index (χ1n) is 2.89. The first-order valence-corrected chi connectivity index (χ1v) is 7.16. The summed E-state index contributed by atoms with van der Waals surface area (Å²) in [6.07, 6.45) is 1.02. The summed E-state index contributed by atoms with van der Waals surface area (Å²) < 4.78 is 0. The van der Waals surface area contributed by atoms with Gasteiger partial charge in [-0.25, -0.2) is 0 Å². The molecule has 0 amide bonds. The predicted octanol–water partition coefficient (Wildman–Crippen LogP) is 3.25. The zero-order chi connectivity index (χ0) is 7.91. The Kier molecular flexibility index (Phi) is 10.7. The monoisotopic (exact) mass is 179 g/mol. The first kappa shape index (κ1) is 13.0. The van der Waals surface area contributed by atoms with Gasteiger partial charge in [0.2, 0.25) is 0 Å². The van der Waals surface area contributed by atoms with E-state index in [2.05, 4.69) is 27.7 Å². The Labute approximate surface area is 75.6 Å². The Morgan fingerprint density at radius 2 is 1.44 bits per heavy atom. The van der Waals surface area contributed by atoms with Crippen molar-refractivity contribution in [1.29, 1.82) is 0 Å². The van der Waals surface area contributed by atoms with Crippen LogP contribution in [-0.4, -0.2) is 18.2 Å². The minimum absolute atomic E-state index is 0.431. The minimum atomic E-state index is -0.639. The number of hydrogen-bond acceptors (Lipinski definition) is 0. The van der Waals surface area contributed by atoms with Crippen molar-refractivity contribution in [2.45, 2.75) is 27.2 Å². The summed E-state index contributed by atoms with van der Waals surface area (Å²) in [5, 5.41) is 0. The van der Waals surface area contributed by atoms with Crippen molar-refractivity contribution in [3.8, 4) is 0 Å². The SMILES string of the molecule is [CH2]CC(C)(C)C.[Cl][Mg][Cl]. The molecule has 0 saturated carbocycles. The summed E-state index contributed by atoms with van der Waals surface area (Å²) in [6.45, 7) is 10.3. The maximum Gasteiger partial charge on any atom is 0.618 e. The molecule has 0 saturated heterocycles. The van der Waals surface area contributed by atoms with Gasteiger partial charge in [-0.2, -0.15) is 0 Å². The minimum Gasteiger partial charge on any atom is -0.309 e. The van der Waals surface area contributed by atoms with Gasteiger partial charge < -0.3 is 18.1 Å². The lowest BCUT2D eigenvalue weighted by atomic mass is 9.94. The molecule has 3 heteroatoms. The fourth-order valence-electron chi connectivity index (χ4n) is 0. The largest absolute Gasteiger partial charge is 0.618 e. The van der Waals surface area contributed by atoms with Crippen LogP contribution in [0.2, 0.25) is 0 Å². The van der Waals surface area contributed by atoms with Gasteiger partial charge in [0, 0.05) is 0 Å². The van der Waals surface area contributed by atoms with Gasteiger partial charge in [0.25, 0.3) is 0 Å². The Bertz CT molecular complexity index is 49.5. The molecule has 0 nitrogen and oxygen atoms in total. The van der Waals surface area contributed by atoms with Crippen LogP contribution in [0, 0.1) is 12.3 Å². The highest BCUT2D eigenvalue weighted by molar-refractivity contribution is 7.22. The summed E-state index contributed by atoms with van der Waals surface area (Å²) in [7, 11) is 9.81. The smallest absolute Gasteiger partial charge is 0.309 e. The molecule has 0 aromatic heterocycles. The second kappa shape index (κ2) is 7.45. The van der Waals surface area contributed by atoms with Crippen LogP contribution in [0.5, 0.6) is 0 Å². The van der Waals surface area contributed by atoms with E-state index in [9.17, 15) is 0 Å². The van der Waals surface area contributed by atoms with Crippen molar-refractivity contribution in [2.75, 3.05) is 0 Å². The van der Waals surface area contributed by atoms with E-state index in [1.165, 1.54) is 0 Å². The number of rotatable bonds is 0. The summed E-state index contributed by atoms with van der Waals surface area (Å²) in [6, 6.07) is 0. The van der Waals surface area contributed by atoms with Gasteiger partial charge in [-0.15, -0.1) is 0 Å². The molecular formula is C6H13Cl2Mg. The van der Waals surface area contributed by atoms with Crippen molar-refractivity contribution in [2.24, 2.45) is 5.41 Å². The molecule has 0 aliphatic rings. The molecule has 9 heavy (non-hydrogen) atoms. The number of halogens is 2. The molecule has 53 valence electrons. The third kappa shape index (κ3) is 26.7. The van der Waals surface area contributed by atoms with Gasteiger partial charge in [-0.1, -0.05) is 27.7 Å². The molecule has 0 aromatic carbocycles. The average Bonchev–Trinajstić information content (AvgIpc) is 1.67. The molecule has 0 atom stereocenters. The van der Waals surface area contributed by atoms with Gasteiger partial charge in [0.1, 0.15) is 0 Å². The maximum absolute atomic E-state index is 4.90. The van der Waals surface area contributed by atoms with E-state index >= 15 is 0 Å². The standard InChI is InChI=1S/C6H13.2ClH.Mg/c1-5-6(2,3)4;;;/h1,5H2,2-4H3;2*1H;/q;;;+2/p-2. The first-order chi connectivity index (χ1) is 3.97. The normalized spacial score (nSPS) is 9.11. The van der Waals surface area contributed by atoms with Crippen LogP contribution < -0.4 is 0 Å². The third-order valence-corrected chi connectivity index (χ3v) is 0.750. The van der Waals surface area contributed by atoms with Crippen LogP contribution in [-0.2, 0) is 0 Å². The Morgan fingerprint density at radius 3 is 1.44 bits per heavy atom. The van der Waals surface area contributed by atoms with E-state index in [-0.39, 0.29) is 0 Å². The third-order valence-electron chi connectivity index (χ3n) is 0.750. The van der Waals surface area contributed by atoms with Crippen molar-refractivity contribution in [3.05, 3.63) is 6.92 Å². The molecule has 0 N–H and O–H groups in total. The van der Waals surface area contributed by atoms with Crippen LogP contribution in [0.25, 0.3) is 0 Å². The lowest BCUT2D eigenvalue weighted by Gasteiger charge is -2.12. The fraction of sp³-hybridized carbons (Fsp3) is 0.833. The van der Waals surface area contributed by atoms with E-state index in [0.29, 0.717) is 5.41 Å². The van der Waals surface area contributed by atoms with E-state index < -0.39 is 18.2 Å². The molecule has 1 radical (unpaired) electrons. The Morgan fingerprint density at radius 1 is 1.33 bits per heavy atom. The van der Waals surface area contributed by atoms with Gasteiger partial charge in [-0.3, -0.25) is 0 Å². The molecule has 0 aliphatic carbocycles. The second-order valence-corrected chi connectivity index (χ2v) is 5.54. The van der Waals surface area contributed by atoms with Crippen molar-refractivity contribution >= 4 is 36.3 Å². The zero-order valence-electron chi connectivity index (χ0n) is 6.38. The van der Waals surface area contributed by atoms with Crippen molar-refractivity contribution in [1.82, 2.24) is 0 Å². The van der Waals surface area contributed by atoms with Crippen molar-refractivity contribution < 1.29 is 0 Å². The molecule has 0 unspecified atom stereocenters. The van der Waals surface area contributed by atoms with E-state index in [4.69, 9.17) is 18.1 Å². The summed E-state index contributed by atoms with van der Waals surface area (Å²) in [5.74, 6) is 0. The van der Waals surface area contributed by atoms with Gasteiger partial charge >= 0.3 is 18.2 Å². The molecule has 0 aromatic rings. The van der Waals surface area contributed by atoms with Crippen LogP contribution in [0.4, 0.5) is 0 Å². The number of hydrogen-bond donors (Lipinski definition) is 0. The van der Waals surface area contributed by atoms with Crippen LogP contribution >= 0.6 is 18.1 Å². The highest BCUT2D eigenvalue weighted by atomic mass is 35.6. The topological polar surface area (TPSA) is 0 Å². The average molecular weight is 180 g/mol. The molecular weight excluding hydrogens is 167 g/mol. The molecule has 0 aliphatic heterocycles. The van der Waals surface area contributed by atoms with Gasteiger partial charge in [0.15, 0.2) is 0 Å². The summed E-state index contributed by atoms with van der Waals surface area (Å²) in [5.41, 5.74) is 0.431.